The lowest BCUT2D eigenvalue weighted by atomic mass is 10.1. The van der Waals surface area contributed by atoms with E-state index in [1.54, 1.807) is 12.0 Å². The highest BCUT2D eigenvalue weighted by Gasteiger charge is 2.24. The van der Waals surface area contributed by atoms with E-state index in [-0.39, 0.29) is 12.1 Å². The molecule has 1 saturated heterocycles. The van der Waals surface area contributed by atoms with E-state index in [0.717, 1.165) is 22.3 Å². The molecule has 6 heteroatoms. The molecule has 1 atom stereocenters. The van der Waals surface area contributed by atoms with Crippen molar-refractivity contribution in [3.05, 3.63) is 35.6 Å². The van der Waals surface area contributed by atoms with Gasteiger partial charge in [-0.2, -0.15) is 0 Å². The number of amides is 2. The summed E-state index contributed by atoms with van der Waals surface area (Å²) in [6, 6.07) is 7.78. The molecule has 3 rings (SSSR count). The van der Waals surface area contributed by atoms with E-state index < -0.39 is 0 Å². The summed E-state index contributed by atoms with van der Waals surface area (Å²) in [5.41, 5.74) is 1.92. The van der Waals surface area contributed by atoms with Gasteiger partial charge in [-0.25, -0.2) is 4.79 Å². The molecule has 1 aromatic carbocycles. The number of furan rings is 1. The number of carbonyl (C=O) groups excluding carboxylic acids is 1. The number of morpholine rings is 1. The van der Waals surface area contributed by atoms with Crippen LogP contribution in [0.4, 0.5) is 4.79 Å². The average molecular weight is 318 g/mol. The number of carbonyl (C=O) groups is 1. The van der Waals surface area contributed by atoms with E-state index in [1.165, 1.54) is 0 Å². The van der Waals surface area contributed by atoms with Gasteiger partial charge < -0.3 is 24.1 Å². The third kappa shape index (κ3) is 3.48. The molecule has 1 aromatic heterocycles. The number of nitrogens with zero attached hydrogens (tertiary/aromatic N) is 1. The summed E-state index contributed by atoms with van der Waals surface area (Å²) in [4.78, 5) is 14.1. The van der Waals surface area contributed by atoms with Crippen LogP contribution >= 0.6 is 0 Å². The molecule has 2 amide bonds. The number of aryl methyl sites for hydroxylation is 1. The molecular weight excluding hydrogens is 296 g/mol. The number of rotatable bonds is 4. The summed E-state index contributed by atoms with van der Waals surface area (Å²) < 4.78 is 16.5. The molecule has 0 radical (unpaired) electrons. The van der Waals surface area contributed by atoms with Crippen LogP contribution < -0.4 is 5.32 Å². The molecule has 1 aliphatic heterocycles. The van der Waals surface area contributed by atoms with Crippen LogP contribution in [0.3, 0.4) is 0 Å². The van der Waals surface area contributed by atoms with Gasteiger partial charge in [0.25, 0.3) is 0 Å². The fourth-order valence-corrected chi connectivity index (χ4v) is 2.85. The van der Waals surface area contributed by atoms with E-state index in [1.807, 2.05) is 31.2 Å². The number of benzene rings is 1. The number of nitrogens with one attached hydrogen (secondary N) is 1. The van der Waals surface area contributed by atoms with Crippen molar-refractivity contribution in [2.75, 3.05) is 33.4 Å². The molecule has 1 unspecified atom stereocenters. The molecule has 23 heavy (non-hydrogen) atoms. The zero-order chi connectivity index (χ0) is 16.2. The monoisotopic (exact) mass is 318 g/mol. The zero-order valence-corrected chi connectivity index (χ0v) is 13.5. The maximum Gasteiger partial charge on any atom is 0.317 e. The molecule has 0 saturated carbocycles. The van der Waals surface area contributed by atoms with Crippen molar-refractivity contribution in [2.45, 2.75) is 19.6 Å². The van der Waals surface area contributed by atoms with Crippen LogP contribution in [0.2, 0.25) is 0 Å². The van der Waals surface area contributed by atoms with Crippen LogP contribution in [-0.4, -0.2) is 50.4 Å². The first kappa shape index (κ1) is 15.8. The van der Waals surface area contributed by atoms with Gasteiger partial charge in [0.05, 0.1) is 32.4 Å². The van der Waals surface area contributed by atoms with Gasteiger partial charge in [0.15, 0.2) is 0 Å². The van der Waals surface area contributed by atoms with Crippen molar-refractivity contribution < 1.29 is 18.7 Å². The van der Waals surface area contributed by atoms with Gasteiger partial charge in [-0.05, 0) is 13.0 Å². The summed E-state index contributed by atoms with van der Waals surface area (Å²) in [6.45, 7) is 4.55. The first-order valence-electron chi connectivity index (χ1n) is 7.79. The third-order valence-electron chi connectivity index (χ3n) is 4.12. The number of hydrogen-bond acceptors (Lipinski definition) is 4. The van der Waals surface area contributed by atoms with Gasteiger partial charge in [0, 0.05) is 24.6 Å². The first-order valence-corrected chi connectivity index (χ1v) is 7.79. The summed E-state index contributed by atoms with van der Waals surface area (Å²) >= 11 is 0. The molecule has 0 bridgehead atoms. The highest BCUT2D eigenvalue weighted by Crippen LogP contribution is 2.24. The SMILES string of the molecule is COCC1CN(C(=O)NCc2oc3ccccc3c2C)CCO1. The topological polar surface area (TPSA) is 63.9 Å². The lowest BCUT2D eigenvalue weighted by molar-refractivity contribution is -0.0494. The fourth-order valence-electron chi connectivity index (χ4n) is 2.85. The smallest absolute Gasteiger partial charge is 0.317 e. The van der Waals surface area contributed by atoms with Gasteiger partial charge in [0.1, 0.15) is 11.3 Å². The molecule has 1 aliphatic rings. The van der Waals surface area contributed by atoms with Gasteiger partial charge in [-0.3, -0.25) is 0 Å². The number of methoxy groups -OCH3 is 1. The third-order valence-corrected chi connectivity index (χ3v) is 4.12. The Hall–Kier alpha value is -2.05. The van der Waals surface area contributed by atoms with E-state index >= 15 is 0 Å². The Kier molecular flexibility index (Phi) is 4.83. The fraction of sp³-hybridized carbons (Fsp3) is 0.471. The lowest BCUT2D eigenvalue weighted by Gasteiger charge is -2.32. The second kappa shape index (κ2) is 7.02. The molecule has 124 valence electrons. The van der Waals surface area contributed by atoms with Crippen LogP contribution in [0.1, 0.15) is 11.3 Å². The van der Waals surface area contributed by atoms with E-state index in [0.29, 0.717) is 32.8 Å². The van der Waals surface area contributed by atoms with Crippen molar-refractivity contribution in [3.63, 3.8) is 0 Å². The summed E-state index contributed by atoms with van der Waals surface area (Å²) in [7, 11) is 1.63. The molecule has 2 aromatic rings. The molecule has 0 aliphatic carbocycles. The Morgan fingerprint density at radius 3 is 3.04 bits per heavy atom. The Morgan fingerprint density at radius 1 is 1.43 bits per heavy atom. The molecule has 2 heterocycles. The predicted molar refractivity (Wildman–Crippen MR) is 86.4 cm³/mol. The quantitative estimate of drug-likeness (QED) is 0.939. The van der Waals surface area contributed by atoms with Gasteiger partial charge >= 0.3 is 6.03 Å². The normalized spacial score (nSPS) is 18.3. The minimum absolute atomic E-state index is 0.0626. The number of ether oxygens (including phenoxy) is 2. The maximum absolute atomic E-state index is 12.3. The van der Waals surface area contributed by atoms with Crippen molar-refractivity contribution >= 4 is 17.0 Å². The van der Waals surface area contributed by atoms with Crippen LogP contribution in [0, 0.1) is 6.92 Å². The maximum atomic E-state index is 12.3. The first-order chi connectivity index (χ1) is 11.2. The van der Waals surface area contributed by atoms with E-state index in [4.69, 9.17) is 13.9 Å². The van der Waals surface area contributed by atoms with E-state index in [2.05, 4.69) is 5.32 Å². The average Bonchev–Trinajstić information content (AvgIpc) is 2.90. The van der Waals surface area contributed by atoms with Gasteiger partial charge in [-0.1, -0.05) is 18.2 Å². The molecule has 1 N–H and O–H groups in total. The van der Waals surface area contributed by atoms with Crippen LogP contribution in [-0.2, 0) is 16.0 Å². The van der Waals surface area contributed by atoms with Gasteiger partial charge in [0.2, 0.25) is 0 Å². The Bertz CT molecular complexity index is 680. The summed E-state index contributed by atoms with van der Waals surface area (Å²) in [5, 5.41) is 4.02. The number of fused-ring (bicyclic) bond motifs is 1. The molecule has 1 fully saturated rings. The number of hydrogen-bond donors (Lipinski definition) is 1. The number of urea groups is 1. The number of para-hydroxylation sites is 1. The summed E-state index contributed by atoms with van der Waals surface area (Å²) in [6.07, 6.45) is -0.0626. The van der Waals surface area contributed by atoms with E-state index in [9.17, 15) is 4.79 Å². The second-order valence-electron chi connectivity index (χ2n) is 5.70. The standard InChI is InChI=1S/C17H22N2O4/c1-12-14-5-3-4-6-15(14)23-16(12)9-18-17(20)19-7-8-22-13(10-19)11-21-2/h3-6,13H,7-11H2,1-2H3,(H,18,20). The Morgan fingerprint density at radius 2 is 2.26 bits per heavy atom. The van der Waals surface area contributed by atoms with Gasteiger partial charge in [-0.15, -0.1) is 0 Å². The zero-order valence-electron chi connectivity index (χ0n) is 13.5. The highest BCUT2D eigenvalue weighted by molar-refractivity contribution is 5.82. The second-order valence-corrected chi connectivity index (χ2v) is 5.70. The van der Waals surface area contributed by atoms with Crippen LogP contribution in [0.15, 0.2) is 28.7 Å². The lowest BCUT2D eigenvalue weighted by Crippen LogP contribution is -2.50. The van der Waals surface area contributed by atoms with Crippen molar-refractivity contribution in [1.82, 2.24) is 10.2 Å². The van der Waals surface area contributed by atoms with Crippen molar-refractivity contribution in [1.29, 1.82) is 0 Å². The molecule has 0 spiro atoms. The molecule has 6 nitrogen and oxygen atoms in total. The molecular formula is C17H22N2O4. The minimum Gasteiger partial charge on any atom is -0.459 e. The largest absolute Gasteiger partial charge is 0.459 e. The van der Waals surface area contributed by atoms with Crippen molar-refractivity contribution in [3.8, 4) is 0 Å². The highest BCUT2D eigenvalue weighted by atomic mass is 16.5. The minimum atomic E-state index is -0.103. The Balaban J connectivity index is 1.60. The van der Waals surface area contributed by atoms with Crippen LogP contribution in [0.5, 0.6) is 0 Å². The predicted octanol–water partition coefficient (Wildman–Crippen LogP) is 2.30. The Labute approximate surface area is 135 Å². The van der Waals surface area contributed by atoms with Crippen molar-refractivity contribution in [2.24, 2.45) is 0 Å². The summed E-state index contributed by atoms with van der Waals surface area (Å²) in [5.74, 6) is 0.793. The van der Waals surface area contributed by atoms with Crippen LogP contribution in [0.25, 0.3) is 11.0 Å².